The number of nitrogens with one attached hydrogen (secondary N) is 1. The van der Waals surface area contributed by atoms with Gasteiger partial charge in [-0.25, -0.2) is 0 Å². The van der Waals surface area contributed by atoms with E-state index in [1.54, 1.807) is 6.07 Å². The van der Waals surface area contributed by atoms with Gasteiger partial charge in [0.1, 0.15) is 11.6 Å². The highest BCUT2D eigenvalue weighted by Gasteiger charge is 2.44. The second-order valence-electron chi connectivity index (χ2n) is 8.56. The van der Waals surface area contributed by atoms with E-state index in [0.717, 1.165) is 50.2 Å². The van der Waals surface area contributed by atoms with Gasteiger partial charge < -0.3 is 19.3 Å². The molecule has 154 valence electrons. The molecule has 4 heterocycles. The Morgan fingerprint density at radius 3 is 2.72 bits per heavy atom. The summed E-state index contributed by atoms with van der Waals surface area (Å²) < 4.78 is 7.14. The molecule has 29 heavy (non-hydrogen) atoms. The number of piperidine rings is 1. The van der Waals surface area contributed by atoms with Crippen molar-refractivity contribution < 1.29 is 14.1 Å². The fraction of sp³-hybridized carbons (Fsp3) is 0.650. The predicted molar refractivity (Wildman–Crippen MR) is 102 cm³/mol. The summed E-state index contributed by atoms with van der Waals surface area (Å²) in [5.41, 5.74) is 0.782. The summed E-state index contributed by atoms with van der Waals surface area (Å²) in [6, 6.07) is 1.90. The number of fused-ring (bicyclic) bond motifs is 3. The lowest BCUT2D eigenvalue weighted by Gasteiger charge is -2.38. The van der Waals surface area contributed by atoms with Gasteiger partial charge in [0, 0.05) is 38.2 Å². The molecule has 9 nitrogen and oxygen atoms in total. The molecule has 1 saturated heterocycles. The Morgan fingerprint density at radius 1 is 1.21 bits per heavy atom. The summed E-state index contributed by atoms with van der Waals surface area (Å²) in [5.74, 6) is 2.43. The standard InChI is InChI=1S/C20H26N6O3/c1-12-8-15(29-24-12)9-17(27)25-10-13-5-6-14(11-25)18(13)21-20(28)19-23-22-16-4-2-3-7-26(16)19/h8,13-14,18H,2-7,9-11H2,1H3,(H,21,28)/t13-,14+,18?. The minimum Gasteiger partial charge on any atom is -0.361 e. The summed E-state index contributed by atoms with van der Waals surface area (Å²) >= 11 is 0. The first-order valence-corrected chi connectivity index (χ1v) is 10.5. The Hall–Kier alpha value is -2.71. The first kappa shape index (κ1) is 18.3. The SMILES string of the molecule is Cc1cc(CC(=O)N2C[C@H]3CC[C@@H](C2)C3NC(=O)c2nnc3n2CCCC3)on1. The number of aryl methyl sites for hydroxylation is 2. The third-order valence-electron chi connectivity index (χ3n) is 6.55. The maximum Gasteiger partial charge on any atom is 0.289 e. The van der Waals surface area contributed by atoms with Gasteiger partial charge in [-0.15, -0.1) is 10.2 Å². The minimum atomic E-state index is -0.135. The van der Waals surface area contributed by atoms with Gasteiger partial charge in [0.2, 0.25) is 11.7 Å². The second-order valence-corrected chi connectivity index (χ2v) is 8.56. The lowest BCUT2D eigenvalue weighted by Crippen LogP contribution is -2.54. The van der Waals surface area contributed by atoms with Crippen LogP contribution in [0.25, 0.3) is 0 Å². The lowest BCUT2D eigenvalue weighted by molar-refractivity contribution is -0.133. The van der Waals surface area contributed by atoms with E-state index in [1.807, 2.05) is 16.4 Å². The Kier molecular flexibility index (Phi) is 4.60. The number of nitrogens with zero attached hydrogens (tertiary/aromatic N) is 5. The number of likely N-dealkylation sites (tertiary alicyclic amines) is 1. The van der Waals surface area contributed by atoms with Crippen LogP contribution in [0.5, 0.6) is 0 Å². The van der Waals surface area contributed by atoms with Crippen LogP contribution in [0.1, 0.15) is 53.6 Å². The fourth-order valence-corrected chi connectivity index (χ4v) is 5.11. The third kappa shape index (κ3) is 3.42. The highest BCUT2D eigenvalue weighted by Crippen LogP contribution is 2.37. The molecule has 9 heteroatoms. The quantitative estimate of drug-likeness (QED) is 0.827. The maximum absolute atomic E-state index is 12.9. The predicted octanol–water partition coefficient (Wildman–Crippen LogP) is 1.12. The van der Waals surface area contributed by atoms with Crippen LogP contribution in [0.2, 0.25) is 0 Å². The van der Waals surface area contributed by atoms with Gasteiger partial charge in [-0.1, -0.05) is 5.16 Å². The molecule has 2 fully saturated rings. The van der Waals surface area contributed by atoms with E-state index in [4.69, 9.17) is 4.52 Å². The van der Waals surface area contributed by atoms with E-state index in [2.05, 4.69) is 20.7 Å². The summed E-state index contributed by atoms with van der Waals surface area (Å²) in [6.07, 6.45) is 5.34. The molecule has 2 amide bonds. The van der Waals surface area contributed by atoms with Crippen LogP contribution in [-0.2, 0) is 24.2 Å². The van der Waals surface area contributed by atoms with Crippen molar-refractivity contribution in [3.8, 4) is 0 Å². The van der Waals surface area contributed by atoms with Crippen molar-refractivity contribution in [3.05, 3.63) is 29.2 Å². The van der Waals surface area contributed by atoms with Crippen molar-refractivity contribution in [1.29, 1.82) is 0 Å². The van der Waals surface area contributed by atoms with Crippen molar-refractivity contribution in [2.75, 3.05) is 13.1 Å². The Morgan fingerprint density at radius 2 is 2.00 bits per heavy atom. The van der Waals surface area contributed by atoms with Gasteiger partial charge in [-0.2, -0.15) is 0 Å². The molecule has 1 unspecified atom stereocenters. The van der Waals surface area contributed by atoms with Gasteiger partial charge in [0.15, 0.2) is 0 Å². The Labute approximate surface area is 168 Å². The zero-order chi connectivity index (χ0) is 20.0. The number of amides is 2. The third-order valence-corrected chi connectivity index (χ3v) is 6.55. The fourth-order valence-electron chi connectivity index (χ4n) is 5.11. The zero-order valence-corrected chi connectivity index (χ0v) is 16.6. The van der Waals surface area contributed by atoms with Gasteiger partial charge in [-0.3, -0.25) is 9.59 Å². The molecule has 0 aromatic carbocycles. The van der Waals surface area contributed by atoms with Gasteiger partial charge >= 0.3 is 0 Å². The van der Waals surface area contributed by atoms with E-state index < -0.39 is 0 Å². The molecular weight excluding hydrogens is 372 g/mol. The van der Waals surface area contributed by atoms with Crippen molar-refractivity contribution in [3.63, 3.8) is 0 Å². The highest BCUT2D eigenvalue weighted by molar-refractivity contribution is 5.91. The van der Waals surface area contributed by atoms with Crippen LogP contribution in [-0.4, -0.2) is 55.8 Å². The smallest absolute Gasteiger partial charge is 0.289 e. The Bertz CT molecular complexity index is 921. The van der Waals surface area contributed by atoms with E-state index in [9.17, 15) is 9.59 Å². The molecule has 5 rings (SSSR count). The minimum absolute atomic E-state index is 0.0642. The van der Waals surface area contributed by atoms with E-state index in [1.165, 1.54) is 0 Å². The summed E-state index contributed by atoms with van der Waals surface area (Å²) in [5, 5.41) is 15.4. The van der Waals surface area contributed by atoms with Crippen LogP contribution in [0.4, 0.5) is 0 Å². The van der Waals surface area contributed by atoms with Gasteiger partial charge in [-0.05, 0) is 44.4 Å². The van der Waals surface area contributed by atoms with Crippen LogP contribution in [0, 0.1) is 18.8 Å². The largest absolute Gasteiger partial charge is 0.361 e. The van der Waals surface area contributed by atoms with Crippen LogP contribution >= 0.6 is 0 Å². The first-order chi connectivity index (χ1) is 14.1. The molecule has 1 N–H and O–H groups in total. The zero-order valence-electron chi connectivity index (χ0n) is 16.6. The van der Waals surface area contributed by atoms with E-state index in [-0.39, 0.29) is 36.1 Å². The highest BCUT2D eigenvalue weighted by atomic mass is 16.5. The summed E-state index contributed by atoms with van der Waals surface area (Å²) in [4.78, 5) is 27.5. The molecule has 3 aliphatic rings. The number of rotatable bonds is 4. The molecule has 2 bridgehead atoms. The summed E-state index contributed by atoms with van der Waals surface area (Å²) in [7, 11) is 0. The second kappa shape index (κ2) is 7.27. The topological polar surface area (TPSA) is 106 Å². The van der Waals surface area contributed by atoms with Crippen molar-refractivity contribution >= 4 is 11.8 Å². The first-order valence-electron chi connectivity index (χ1n) is 10.5. The molecule has 2 aromatic heterocycles. The van der Waals surface area contributed by atoms with Gasteiger partial charge in [0.05, 0.1) is 12.1 Å². The molecular formula is C20H26N6O3. The number of aromatic nitrogens is 4. The van der Waals surface area contributed by atoms with Crippen LogP contribution in [0.15, 0.2) is 10.6 Å². The monoisotopic (exact) mass is 398 g/mol. The number of hydrogen-bond acceptors (Lipinski definition) is 6. The van der Waals surface area contributed by atoms with E-state index in [0.29, 0.717) is 24.7 Å². The molecule has 2 aromatic rings. The van der Waals surface area contributed by atoms with Crippen LogP contribution < -0.4 is 5.32 Å². The Balaban J connectivity index is 1.23. The molecule has 2 aliphatic heterocycles. The molecule has 0 spiro atoms. The molecule has 3 atom stereocenters. The van der Waals surface area contributed by atoms with Crippen molar-refractivity contribution in [2.24, 2.45) is 11.8 Å². The molecule has 0 radical (unpaired) electrons. The number of carbonyl (C=O) groups excluding carboxylic acids is 2. The summed E-state index contributed by atoms with van der Waals surface area (Å²) in [6.45, 7) is 4.00. The average molecular weight is 398 g/mol. The molecule has 1 saturated carbocycles. The maximum atomic E-state index is 12.9. The number of hydrogen-bond donors (Lipinski definition) is 1. The van der Waals surface area contributed by atoms with Crippen molar-refractivity contribution in [2.45, 2.75) is 58.0 Å². The van der Waals surface area contributed by atoms with Crippen LogP contribution in [0.3, 0.4) is 0 Å². The average Bonchev–Trinajstić information content (AvgIpc) is 3.37. The van der Waals surface area contributed by atoms with E-state index >= 15 is 0 Å². The van der Waals surface area contributed by atoms with Gasteiger partial charge in [0.25, 0.3) is 5.91 Å². The lowest BCUT2D eigenvalue weighted by atomic mass is 9.91. The number of carbonyl (C=O) groups is 2. The molecule has 1 aliphatic carbocycles. The normalized spacial score (nSPS) is 25.7. The van der Waals surface area contributed by atoms with Crippen molar-refractivity contribution in [1.82, 2.24) is 30.1 Å².